The Kier molecular flexibility index (Phi) is 3.12. The van der Waals surface area contributed by atoms with E-state index in [9.17, 15) is 4.39 Å². The van der Waals surface area contributed by atoms with Crippen molar-refractivity contribution in [3.8, 4) is 0 Å². The van der Waals surface area contributed by atoms with Gasteiger partial charge in [0.05, 0.1) is 0 Å². The van der Waals surface area contributed by atoms with E-state index in [1.807, 2.05) is 13.0 Å². The summed E-state index contributed by atoms with van der Waals surface area (Å²) in [6.07, 6.45) is 5.29. The van der Waals surface area contributed by atoms with E-state index in [1.165, 1.54) is 31.7 Å². The minimum Gasteiger partial charge on any atom is -0.271 e. The third kappa shape index (κ3) is 1.95. The van der Waals surface area contributed by atoms with Gasteiger partial charge in [-0.3, -0.25) is 11.3 Å². The van der Waals surface area contributed by atoms with Crippen LogP contribution in [-0.2, 0) is 0 Å². The lowest BCUT2D eigenvalue weighted by atomic mass is 9.80. The van der Waals surface area contributed by atoms with Gasteiger partial charge in [0, 0.05) is 6.04 Å². The maximum atomic E-state index is 13.5. The van der Waals surface area contributed by atoms with Gasteiger partial charge in [-0.2, -0.15) is 0 Å². The highest BCUT2D eigenvalue weighted by atomic mass is 19.1. The number of nitrogens with two attached hydrogens (primary N) is 1. The van der Waals surface area contributed by atoms with Gasteiger partial charge < -0.3 is 0 Å². The van der Waals surface area contributed by atoms with Crippen LogP contribution >= 0.6 is 0 Å². The molecule has 1 aromatic rings. The predicted molar refractivity (Wildman–Crippen MR) is 70.1 cm³/mol. The molecule has 18 heavy (non-hydrogen) atoms. The Morgan fingerprint density at radius 3 is 2.78 bits per heavy atom. The largest absolute Gasteiger partial charge is 0.271 e. The maximum Gasteiger partial charge on any atom is 0.123 e. The first-order valence-electron chi connectivity index (χ1n) is 6.91. The highest BCUT2D eigenvalue weighted by Crippen LogP contribution is 2.52. The molecule has 4 atom stereocenters. The Bertz CT molecular complexity index is 446. The van der Waals surface area contributed by atoms with Gasteiger partial charge in [0.2, 0.25) is 0 Å². The third-order valence-corrected chi connectivity index (χ3v) is 4.98. The van der Waals surface area contributed by atoms with Crippen LogP contribution in [0, 0.1) is 30.5 Å². The Hall–Kier alpha value is -0.930. The summed E-state index contributed by atoms with van der Waals surface area (Å²) in [6, 6.07) is 5.12. The smallest absolute Gasteiger partial charge is 0.123 e. The van der Waals surface area contributed by atoms with Crippen molar-refractivity contribution in [1.82, 2.24) is 5.43 Å². The quantitative estimate of drug-likeness (QED) is 0.637. The van der Waals surface area contributed by atoms with Crippen LogP contribution < -0.4 is 11.3 Å². The van der Waals surface area contributed by atoms with Crippen LogP contribution in [0.2, 0.25) is 0 Å². The number of rotatable bonds is 3. The Morgan fingerprint density at radius 2 is 2.17 bits per heavy atom. The van der Waals surface area contributed by atoms with E-state index in [0.717, 1.165) is 23.0 Å². The van der Waals surface area contributed by atoms with Gasteiger partial charge in [-0.05, 0) is 67.2 Å². The molecule has 2 bridgehead atoms. The third-order valence-electron chi connectivity index (χ3n) is 4.98. The molecule has 3 heteroatoms. The first-order valence-corrected chi connectivity index (χ1v) is 6.91. The van der Waals surface area contributed by atoms with Crippen molar-refractivity contribution in [3.05, 3.63) is 35.1 Å². The zero-order valence-electron chi connectivity index (χ0n) is 10.8. The van der Waals surface area contributed by atoms with Crippen molar-refractivity contribution in [2.45, 2.75) is 38.6 Å². The van der Waals surface area contributed by atoms with E-state index in [1.54, 1.807) is 6.07 Å². The molecule has 2 aliphatic rings. The zero-order chi connectivity index (χ0) is 12.7. The van der Waals surface area contributed by atoms with Gasteiger partial charge in [0.1, 0.15) is 5.82 Å². The molecule has 4 unspecified atom stereocenters. The molecule has 3 N–H and O–H groups in total. The molecular weight excluding hydrogens is 227 g/mol. The summed E-state index contributed by atoms with van der Waals surface area (Å²) in [5, 5.41) is 0. The normalized spacial score (nSPS) is 31.8. The number of hydrogen-bond donors (Lipinski definition) is 2. The second-order valence-electron chi connectivity index (χ2n) is 5.98. The van der Waals surface area contributed by atoms with Crippen molar-refractivity contribution >= 4 is 0 Å². The zero-order valence-corrected chi connectivity index (χ0v) is 10.8. The number of halogens is 1. The lowest BCUT2D eigenvalue weighted by Crippen LogP contribution is -2.36. The molecule has 0 aromatic heterocycles. The van der Waals surface area contributed by atoms with E-state index in [-0.39, 0.29) is 11.9 Å². The molecule has 0 amide bonds. The van der Waals surface area contributed by atoms with E-state index in [4.69, 9.17) is 5.84 Å². The van der Waals surface area contributed by atoms with Crippen molar-refractivity contribution in [3.63, 3.8) is 0 Å². The summed E-state index contributed by atoms with van der Waals surface area (Å²) in [5.41, 5.74) is 5.11. The van der Waals surface area contributed by atoms with Crippen molar-refractivity contribution in [2.24, 2.45) is 23.6 Å². The Balaban J connectivity index is 1.90. The SMILES string of the molecule is Cc1ccc(F)cc1C(NN)C1CC2CCC1C2. The summed E-state index contributed by atoms with van der Waals surface area (Å²) < 4.78 is 13.5. The minimum atomic E-state index is -0.168. The van der Waals surface area contributed by atoms with Gasteiger partial charge in [0.15, 0.2) is 0 Å². The molecule has 0 aliphatic heterocycles. The molecule has 2 saturated carbocycles. The van der Waals surface area contributed by atoms with E-state index < -0.39 is 0 Å². The van der Waals surface area contributed by atoms with Gasteiger partial charge in [-0.1, -0.05) is 12.5 Å². The summed E-state index contributed by atoms with van der Waals surface area (Å²) in [4.78, 5) is 0. The van der Waals surface area contributed by atoms with Gasteiger partial charge in [-0.15, -0.1) is 0 Å². The monoisotopic (exact) mass is 248 g/mol. The minimum absolute atomic E-state index is 0.107. The molecule has 2 aliphatic carbocycles. The molecule has 0 saturated heterocycles. The van der Waals surface area contributed by atoms with Crippen LogP contribution in [0.5, 0.6) is 0 Å². The first kappa shape index (κ1) is 12.1. The topological polar surface area (TPSA) is 38.0 Å². The Morgan fingerprint density at radius 1 is 1.33 bits per heavy atom. The highest BCUT2D eigenvalue weighted by molar-refractivity contribution is 5.30. The lowest BCUT2D eigenvalue weighted by Gasteiger charge is -2.31. The fourth-order valence-electron chi connectivity index (χ4n) is 4.09. The number of aryl methyl sites for hydroxylation is 1. The number of nitrogens with one attached hydrogen (secondary N) is 1. The van der Waals surface area contributed by atoms with Gasteiger partial charge in [0.25, 0.3) is 0 Å². The fraction of sp³-hybridized carbons (Fsp3) is 0.600. The highest BCUT2D eigenvalue weighted by Gasteiger charge is 2.43. The average molecular weight is 248 g/mol. The number of fused-ring (bicyclic) bond motifs is 2. The summed E-state index contributed by atoms with van der Waals surface area (Å²) >= 11 is 0. The second-order valence-corrected chi connectivity index (χ2v) is 5.98. The lowest BCUT2D eigenvalue weighted by molar-refractivity contribution is 0.251. The molecule has 2 nitrogen and oxygen atoms in total. The van der Waals surface area contributed by atoms with E-state index >= 15 is 0 Å². The molecule has 98 valence electrons. The van der Waals surface area contributed by atoms with E-state index in [0.29, 0.717) is 5.92 Å². The van der Waals surface area contributed by atoms with Crippen LogP contribution in [0.1, 0.15) is 42.9 Å². The molecular formula is C15H21FN2. The van der Waals surface area contributed by atoms with Crippen LogP contribution in [-0.4, -0.2) is 0 Å². The second kappa shape index (κ2) is 4.63. The van der Waals surface area contributed by atoms with Gasteiger partial charge in [-0.25, -0.2) is 4.39 Å². The van der Waals surface area contributed by atoms with E-state index in [2.05, 4.69) is 5.43 Å². The number of hydrazine groups is 1. The first-order chi connectivity index (χ1) is 8.69. The van der Waals surface area contributed by atoms with Crippen molar-refractivity contribution in [1.29, 1.82) is 0 Å². The summed E-state index contributed by atoms with van der Waals surface area (Å²) in [5.74, 6) is 7.83. The fourth-order valence-corrected chi connectivity index (χ4v) is 4.09. The average Bonchev–Trinajstić information content (AvgIpc) is 2.97. The maximum absolute atomic E-state index is 13.5. The van der Waals surface area contributed by atoms with Crippen LogP contribution in [0.15, 0.2) is 18.2 Å². The number of hydrogen-bond acceptors (Lipinski definition) is 2. The van der Waals surface area contributed by atoms with Crippen LogP contribution in [0.4, 0.5) is 4.39 Å². The molecule has 1 aromatic carbocycles. The number of benzene rings is 1. The van der Waals surface area contributed by atoms with Crippen LogP contribution in [0.3, 0.4) is 0 Å². The predicted octanol–water partition coefficient (Wildman–Crippen LogP) is 3.07. The van der Waals surface area contributed by atoms with Crippen molar-refractivity contribution in [2.75, 3.05) is 0 Å². The molecule has 3 rings (SSSR count). The molecule has 2 fully saturated rings. The summed E-state index contributed by atoms with van der Waals surface area (Å²) in [7, 11) is 0. The summed E-state index contributed by atoms with van der Waals surface area (Å²) in [6.45, 7) is 2.03. The molecule has 0 radical (unpaired) electrons. The Labute approximate surface area is 108 Å². The van der Waals surface area contributed by atoms with Gasteiger partial charge >= 0.3 is 0 Å². The molecule has 0 heterocycles. The standard InChI is InChI=1S/C15H21FN2/c1-9-2-5-12(16)8-13(9)15(18-17)14-7-10-3-4-11(14)6-10/h2,5,8,10-11,14-15,18H,3-4,6-7,17H2,1H3. The molecule has 0 spiro atoms. The van der Waals surface area contributed by atoms with Crippen molar-refractivity contribution < 1.29 is 4.39 Å². The van der Waals surface area contributed by atoms with Crippen LogP contribution in [0.25, 0.3) is 0 Å².